The molecule has 0 unspecified atom stereocenters. The Balaban J connectivity index is 1.29. The lowest BCUT2D eigenvalue weighted by molar-refractivity contribution is -0.137. The number of hydrogen-bond acceptors (Lipinski definition) is 4. The number of rotatable bonds is 6. The molecule has 0 spiro atoms. The first kappa shape index (κ1) is 24.4. The largest absolute Gasteiger partial charge is 0.416 e. The molecule has 1 fully saturated rings. The minimum absolute atomic E-state index is 0.00695. The zero-order chi connectivity index (χ0) is 24.3. The molecule has 10 heteroatoms. The third-order valence-corrected chi connectivity index (χ3v) is 6.58. The number of carbonyl (C=O) groups is 1. The van der Waals surface area contributed by atoms with Gasteiger partial charge in [-0.2, -0.15) is 13.2 Å². The van der Waals surface area contributed by atoms with E-state index in [-0.39, 0.29) is 16.6 Å². The number of amides is 1. The summed E-state index contributed by atoms with van der Waals surface area (Å²) in [5, 5.41) is 10.9. The van der Waals surface area contributed by atoms with Crippen molar-refractivity contribution >= 4 is 34.9 Å². The Morgan fingerprint density at radius 2 is 1.76 bits per heavy atom. The molecule has 1 saturated carbocycles. The predicted octanol–water partition coefficient (Wildman–Crippen LogP) is 7.07. The van der Waals surface area contributed by atoms with Gasteiger partial charge >= 0.3 is 6.18 Å². The highest BCUT2D eigenvalue weighted by atomic mass is 35.5. The fraction of sp³-hybridized carbons (Fsp3) is 0.333. The van der Waals surface area contributed by atoms with E-state index in [0.717, 1.165) is 55.0 Å². The molecule has 1 heterocycles. The van der Waals surface area contributed by atoms with Crippen molar-refractivity contribution in [3.8, 4) is 11.1 Å². The van der Waals surface area contributed by atoms with E-state index in [4.69, 9.17) is 27.7 Å². The highest BCUT2D eigenvalue weighted by molar-refractivity contribution is 6.33. The minimum atomic E-state index is -4.54. The normalized spacial score (nSPS) is 18.5. The smallest absolute Gasteiger partial charge is 0.366 e. The molecule has 2 aromatic carbocycles. The Bertz CT molecular complexity index is 1140. The number of alkyl halides is 3. The summed E-state index contributed by atoms with van der Waals surface area (Å²) in [6.07, 6.45) is 0.179. The van der Waals surface area contributed by atoms with Crippen molar-refractivity contribution in [3.63, 3.8) is 0 Å². The molecule has 4 rings (SSSR count). The van der Waals surface area contributed by atoms with Gasteiger partial charge in [-0.1, -0.05) is 40.5 Å². The SMILES string of the molecule is O=C(NC1CCC(CNc2nocc2-c2ccc(Cl)cc2)CC1)c1cc(C(F)(F)F)ccc1Cl. The van der Waals surface area contributed by atoms with Gasteiger partial charge in [-0.25, -0.2) is 0 Å². The van der Waals surface area contributed by atoms with E-state index in [2.05, 4.69) is 15.8 Å². The van der Waals surface area contributed by atoms with Crippen LogP contribution in [0.15, 0.2) is 53.3 Å². The number of carbonyl (C=O) groups excluding carboxylic acids is 1. The van der Waals surface area contributed by atoms with Crippen LogP contribution in [0.25, 0.3) is 11.1 Å². The predicted molar refractivity (Wildman–Crippen MR) is 125 cm³/mol. The molecule has 34 heavy (non-hydrogen) atoms. The number of anilines is 1. The molecule has 180 valence electrons. The first-order chi connectivity index (χ1) is 16.2. The van der Waals surface area contributed by atoms with Crippen LogP contribution in [0.3, 0.4) is 0 Å². The quantitative estimate of drug-likeness (QED) is 0.371. The van der Waals surface area contributed by atoms with Gasteiger partial charge in [0, 0.05) is 17.6 Å². The van der Waals surface area contributed by atoms with Crippen molar-refractivity contribution in [3.05, 3.63) is 69.9 Å². The van der Waals surface area contributed by atoms with Crippen LogP contribution in [0, 0.1) is 5.92 Å². The molecular weight excluding hydrogens is 490 g/mol. The topological polar surface area (TPSA) is 67.2 Å². The zero-order valence-corrected chi connectivity index (χ0v) is 19.5. The number of nitrogens with one attached hydrogen (secondary N) is 2. The maximum absolute atomic E-state index is 13.0. The van der Waals surface area contributed by atoms with Gasteiger partial charge in [0.1, 0.15) is 6.26 Å². The fourth-order valence-electron chi connectivity index (χ4n) is 4.09. The van der Waals surface area contributed by atoms with Crippen LogP contribution in [-0.4, -0.2) is 23.7 Å². The van der Waals surface area contributed by atoms with Crippen LogP contribution in [0.4, 0.5) is 19.0 Å². The molecule has 3 aromatic rings. The lowest BCUT2D eigenvalue weighted by Crippen LogP contribution is -2.38. The molecule has 0 saturated heterocycles. The summed E-state index contributed by atoms with van der Waals surface area (Å²) in [7, 11) is 0. The second-order valence-electron chi connectivity index (χ2n) is 8.35. The molecule has 0 bridgehead atoms. The monoisotopic (exact) mass is 511 g/mol. The van der Waals surface area contributed by atoms with Crippen LogP contribution >= 0.6 is 23.2 Å². The van der Waals surface area contributed by atoms with Gasteiger partial charge < -0.3 is 15.2 Å². The van der Waals surface area contributed by atoms with E-state index in [1.54, 1.807) is 18.4 Å². The summed E-state index contributed by atoms with van der Waals surface area (Å²) in [5.74, 6) is 0.421. The number of hydrogen-bond donors (Lipinski definition) is 2. The highest BCUT2D eigenvalue weighted by Crippen LogP contribution is 2.33. The first-order valence-electron chi connectivity index (χ1n) is 10.8. The number of aromatic nitrogens is 1. The van der Waals surface area contributed by atoms with Gasteiger partial charge in [0.25, 0.3) is 5.91 Å². The summed E-state index contributed by atoms with van der Waals surface area (Å²) >= 11 is 11.9. The van der Waals surface area contributed by atoms with Crippen molar-refractivity contribution < 1.29 is 22.5 Å². The van der Waals surface area contributed by atoms with E-state index < -0.39 is 17.6 Å². The van der Waals surface area contributed by atoms with Crippen LogP contribution < -0.4 is 10.6 Å². The third kappa shape index (κ3) is 5.85. The van der Waals surface area contributed by atoms with Gasteiger partial charge in [0.2, 0.25) is 0 Å². The average Bonchev–Trinajstić information content (AvgIpc) is 3.27. The average molecular weight is 512 g/mol. The zero-order valence-electron chi connectivity index (χ0n) is 18.0. The number of halogens is 5. The summed E-state index contributed by atoms with van der Waals surface area (Å²) in [4.78, 5) is 12.6. The standard InChI is InChI=1S/C24H22Cl2F3N3O2/c25-17-6-3-15(4-7-17)20-13-34-32-22(20)30-12-14-1-8-18(9-2-14)31-23(33)19-11-16(24(27,28)29)5-10-21(19)26/h3-7,10-11,13-14,18H,1-2,8-9,12H2,(H,30,32)(H,31,33). The third-order valence-electron chi connectivity index (χ3n) is 6.00. The number of nitrogens with zero attached hydrogens (tertiary/aromatic N) is 1. The Hall–Kier alpha value is -2.71. The van der Waals surface area contributed by atoms with Gasteiger partial charge in [0.05, 0.1) is 21.7 Å². The summed E-state index contributed by atoms with van der Waals surface area (Å²) < 4.78 is 44.1. The van der Waals surface area contributed by atoms with Crippen molar-refractivity contribution in [2.24, 2.45) is 5.92 Å². The highest BCUT2D eigenvalue weighted by Gasteiger charge is 2.32. The molecule has 5 nitrogen and oxygen atoms in total. The van der Waals surface area contributed by atoms with E-state index in [0.29, 0.717) is 23.3 Å². The lowest BCUT2D eigenvalue weighted by Gasteiger charge is -2.29. The Morgan fingerprint density at radius 3 is 2.44 bits per heavy atom. The van der Waals surface area contributed by atoms with Crippen LogP contribution in [0.1, 0.15) is 41.6 Å². The fourth-order valence-corrected chi connectivity index (χ4v) is 4.42. The van der Waals surface area contributed by atoms with E-state index in [9.17, 15) is 18.0 Å². The number of benzene rings is 2. The van der Waals surface area contributed by atoms with Crippen molar-refractivity contribution in [2.75, 3.05) is 11.9 Å². The lowest BCUT2D eigenvalue weighted by atomic mass is 9.86. The molecule has 0 aliphatic heterocycles. The van der Waals surface area contributed by atoms with E-state index >= 15 is 0 Å². The maximum Gasteiger partial charge on any atom is 0.416 e. The Kier molecular flexibility index (Phi) is 7.38. The molecular formula is C24H22Cl2F3N3O2. The Labute approximate surface area is 204 Å². The minimum Gasteiger partial charge on any atom is -0.366 e. The van der Waals surface area contributed by atoms with E-state index in [1.807, 2.05) is 12.1 Å². The molecule has 2 N–H and O–H groups in total. The van der Waals surface area contributed by atoms with Crippen LogP contribution in [-0.2, 0) is 6.18 Å². The Morgan fingerprint density at radius 1 is 1.06 bits per heavy atom. The van der Waals surface area contributed by atoms with E-state index in [1.165, 1.54) is 0 Å². The van der Waals surface area contributed by atoms with Crippen LogP contribution in [0.5, 0.6) is 0 Å². The second-order valence-corrected chi connectivity index (χ2v) is 9.19. The maximum atomic E-state index is 13.0. The molecule has 0 atom stereocenters. The van der Waals surface area contributed by atoms with Crippen molar-refractivity contribution in [1.29, 1.82) is 0 Å². The molecule has 0 radical (unpaired) electrons. The molecule has 1 aromatic heterocycles. The van der Waals surface area contributed by atoms with Gasteiger partial charge in [0.15, 0.2) is 5.82 Å². The molecule has 1 amide bonds. The summed E-state index contributed by atoms with van der Waals surface area (Å²) in [5.41, 5.74) is 0.715. The van der Waals surface area contributed by atoms with Gasteiger partial charge in [-0.15, -0.1) is 0 Å². The molecule has 1 aliphatic rings. The van der Waals surface area contributed by atoms with Crippen molar-refractivity contribution in [2.45, 2.75) is 37.9 Å². The first-order valence-corrected chi connectivity index (χ1v) is 11.6. The van der Waals surface area contributed by atoms with Gasteiger partial charge in [-0.3, -0.25) is 4.79 Å². The summed E-state index contributed by atoms with van der Waals surface area (Å²) in [6.45, 7) is 0.688. The van der Waals surface area contributed by atoms with Crippen molar-refractivity contribution in [1.82, 2.24) is 10.5 Å². The van der Waals surface area contributed by atoms with Crippen LogP contribution in [0.2, 0.25) is 10.0 Å². The second kappa shape index (κ2) is 10.3. The summed E-state index contributed by atoms with van der Waals surface area (Å²) in [6, 6.07) is 10.0. The van der Waals surface area contributed by atoms with Gasteiger partial charge in [-0.05, 0) is 67.5 Å². The molecule has 1 aliphatic carbocycles.